The fourth-order valence-corrected chi connectivity index (χ4v) is 1.27. The quantitative estimate of drug-likeness (QED) is 0.614. The molecule has 0 unspecified atom stereocenters. The van der Waals surface area contributed by atoms with Crippen molar-refractivity contribution in [3.8, 4) is 6.07 Å². The number of aromatic amines is 1. The van der Waals surface area contributed by atoms with Crippen molar-refractivity contribution in [2.24, 2.45) is 0 Å². The minimum atomic E-state index is 0.348. The van der Waals surface area contributed by atoms with Gasteiger partial charge in [-0.2, -0.15) is 5.26 Å². The first-order valence-corrected chi connectivity index (χ1v) is 3.73. The number of hydrogen-bond donors (Lipinski definition) is 2. The normalized spacial score (nSPS) is 10.2. The number of nitrogens with one attached hydrogen (secondary N) is 1. The summed E-state index contributed by atoms with van der Waals surface area (Å²) >= 11 is 0. The van der Waals surface area contributed by atoms with Crippen LogP contribution >= 0.6 is 0 Å². The number of aryl methyl sites for hydroxylation is 1. The maximum Gasteiger partial charge on any atom is 0.144 e. The SMILES string of the molecule is Cc1nc(N)c2c(C#N)c[nH]c2n1. The molecule has 2 aromatic rings. The Kier molecular flexibility index (Phi) is 1.43. The molecule has 0 saturated carbocycles. The van der Waals surface area contributed by atoms with E-state index >= 15 is 0 Å². The molecule has 0 atom stereocenters. The number of nitriles is 1. The number of nitrogen functional groups attached to an aromatic ring is 1. The molecule has 0 amide bonds. The van der Waals surface area contributed by atoms with Crippen molar-refractivity contribution in [2.45, 2.75) is 6.92 Å². The van der Waals surface area contributed by atoms with Gasteiger partial charge in [-0.15, -0.1) is 0 Å². The lowest BCUT2D eigenvalue weighted by Gasteiger charge is -1.96. The molecule has 2 aromatic heterocycles. The smallest absolute Gasteiger partial charge is 0.144 e. The minimum Gasteiger partial charge on any atom is -0.383 e. The zero-order chi connectivity index (χ0) is 9.42. The molecule has 13 heavy (non-hydrogen) atoms. The van der Waals surface area contributed by atoms with Crippen LogP contribution in [0.3, 0.4) is 0 Å². The number of H-pyrrole nitrogens is 1. The molecule has 0 aliphatic rings. The zero-order valence-electron chi connectivity index (χ0n) is 7.00. The summed E-state index contributed by atoms with van der Waals surface area (Å²) < 4.78 is 0. The molecule has 0 aromatic carbocycles. The fraction of sp³-hybridized carbons (Fsp3) is 0.125. The van der Waals surface area contributed by atoms with Crippen LogP contribution in [0.2, 0.25) is 0 Å². The van der Waals surface area contributed by atoms with Gasteiger partial charge in [-0.3, -0.25) is 0 Å². The van der Waals surface area contributed by atoms with Gasteiger partial charge in [0, 0.05) is 6.20 Å². The van der Waals surface area contributed by atoms with Crippen molar-refractivity contribution in [2.75, 3.05) is 5.73 Å². The summed E-state index contributed by atoms with van der Waals surface area (Å²) in [5.74, 6) is 0.941. The first kappa shape index (κ1) is 7.55. The Bertz CT molecular complexity index is 505. The molecule has 0 aliphatic carbocycles. The number of aromatic nitrogens is 3. The Hall–Kier alpha value is -2.09. The van der Waals surface area contributed by atoms with Crippen molar-refractivity contribution in [1.29, 1.82) is 5.26 Å². The van der Waals surface area contributed by atoms with Crippen LogP contribution in [0.25, 0.3) is 11.0 Å². The predicted octanol–water partition coefficient (Wildman–Crippen LogP) is 0.720. The van der Waals surface area contributed by atoms with Crippen LogP contribution in [-0.4, -0.2) is 15.0 Å². The summed E-state index contributed by atoms with van der Waals surface area (Å²) in [5, 5.41) is 9.34. The summed E-state index contributed by atoms with van der Waals surface area (Å²) in [7, 11) is 0. The van der Waals surface area contributed by atoms with Gasteiger partial charge in [-0.25, -0.2) is 9.97 Å². The van der Waals surface area contributed by atoms with E-state index in [9.17, 15) is 0 Å². The molecule has 0 fully saturated rings. The van der Waals surface area contributed by atoms with Crippen LogP contribution in [-0.2, 0) is 0 Å². The van der Waals surface area contributed by atoms with E-state index in [1.54, 1.807) is 13.1 Å². The van der Waals surface area contributed by atoms with Crippen molar-refractivity contribution in [3.63, 3.8) is 0 Å². The lowest BCUT2D eigenvalue weighted by molar-refractivity contribution is 1.09. The van der Waals surface area contributed by atoms with E-state index in [0.717, 1.165) is 0 Å². The number of nitrogens with zero attached hydrogens (tertiary/aromatic N) is 3. The summed E-state index contributed by atoms with van der Waals surface area (Å²) in [4.78, 5) is 11.0. The third-order valence-corrected chi connectivity index (χ3v) is 1.79. The minimum absolute atomic E-state index is 0.348. The summed E-state index contributed by atoms with van der Waals surface area (Å²) in [6.07, 6.45) is 1.58. The lowest BCUT2D eigenvalue weighted by Crippen LogP contribution is -1.96. The van der Waals surface area contributed by atoms with E-state index in [4.69, 9.17) is 11.0 Å². The maximum absolute atomic E-state index is 8.74. The molecule has 0 radical (unpaired) electrons. The van der Waals surface area contributed by atoms with Gasteiger partial charge in [0.25, 0.3) is 0 Å². The van der Waals surface area contributed by atoms with Gasteiger partial charge in [-0.1, -0.05) is 0 Å². The molecule has 0 aliphatic heterocycles. The van der Waals surface area contributed by atoms with Crippen LogP contribution in [0.4, 0.5) is 5.82 Å². The molecule has 0 saturated heterocycles. The third-order valence-electron chi connectivity index (χ3n) is 1.79. The van der Waals surface area contributed by atoms with Crippen LogP contribution in [0.15, 0.2) is 6.20 Å². The summed E-state index contributed by atoms with van der Waals surface area (Å²) in [6, 6.07) is 2.02. The molecule has 2 rings (SSSR count). The van der Waals surface area contributed by atoms with Gasteiger partial charge in [0.05, 0.1) is 10.9 Å². The molecule has 5 heteroatoms. The second kappa shape index (κ2) is 2.45. The molecule has 0 bridgehead atoms. The van der Waals surface area contributed by atoms with E-state index in [0.29, 0.717) is 28.2 Å². The topological polar surface area (TPSA) is 91.4 Å². The van der Waals surface area contributed by atoms with Gasteiger partial charge in [0.2, 0.25) is 0 Å². The number of rotatable bonds is 0. The first-order valence-electron chi connectivity index (χ1n) is 3.73. The molecule has 2 heterocycles. The second-order valence-electron chi connectivity index (χ2n) is 2.69. The first-order chi connectivity index (χ1) is 6.22. The van der Waals surface area contributed by atoms with Gasteiger partial charge < -0.3 is 10.7 Å². The van der Waals surface area contributed by atoms with E-state index in [-0.39, 0.29) is 0 Å². The zero-order valence-corrected chi connectivity index (χ0v) is 7.00. The average molecular weight is 173 g/mol. The molecule has 5 nitrogen and oxygen atoms in total. The molecule has 64 valence electrons. The van der Waals surface area contributed by atoms with Gasteiger partial charge in [-0.05, 0) is 6.92 Å². The van der Waals surface area contributed by atoms with Crippen molar-refractivity contribution in [3.05, 3.63) is 17.6 Å². The second-order valence-corrected chi connectivity index (χ2v) is 2.69. The largest absolute Gasteiger partial charge is 0.383 e. The Labute approximate surface area is 74.2 Å². The summed E-state index contributed by atoms with van der Waals surface area (Å²) in [6.45, 7) is 1.75. The molecule has 0 spiro atoms. The monoisotopic (exact) mass is 173 g/mol. The van der Waals surface area contributed by atoms with E-state index in [1.807, 2.05) is 6.07 Å². The number of hydrogen-bond acceptors (Lipinski definition) is 4. The van der Waals surface area contributed by atoms with Crippen molar-refractivity contribution >= 4 is 16.9 Å². The van der Waals surface area contributed by atoms with E-state index < -0.39 is 0 Å². The van der Waals surface area contributed by atoms with E-state index in [1.165, 1.54) is 0 Å². The van der Waals surface area contributed by atoms with E-state index in [2.05, 4.69) is 15.0 Å². The Balaban J connectivity index is 2.92. The number of anilines is 1. The Morgan fingerprint density at radius 3 is 3.00 bits per heavy atom. The lowest BCUT2D eigenvalue weighted by atomic mass is 10.2. The van der Waals surface area contributed by atoms with Crippen LogP contribution in [0.1, 0.15) is 11.4 Å². The highest BCUT2D eigenvalue weighted by atomic mass is 15.0. The number of fused-ring (bicyclic) bond motifs is 1. The van der Waals surface area contributed by atoms with Gasteiger partial charge in [0.15, 0.2) is 0 Å². The highest BCUT2D eigenvalue weighted by molar-refractivity contribution is 5.91. The van der Waals surface area contributed by atoms with Crippen molar-refractivity contribution < 1.29 is 0 Å². The molecular weight excluding hydrogens is 166 g/mol. The number of nitrogens with two attached hydrogens (primary N) is 1. The predicted molar refractivity (Wildman–Crippen MR) is 47.8 cm³/mol. The average Bonchev–Trinajstić information content (AvgIpc) is 2.47. The van der Waals surface area contributed by atoms with Crippen LogP contribution < -0.4 is 5.73 Å². The Morgan fingerprint density at radius 1 is 1.54 bits per heavy atom. The van der Waals surface area contributed by atoms with Crippen molar-refractivity contribution in [1.82, 2.24) is 15.0 Å². The third kappa shape index (κ3) is 0.999. The van der Waals surface area contributed by atoms with Crippen LogP contribution in [0.5, 0.6) is 0 Å². The van der Waals surface area contributed by atoms with Crippen LogP contribution in [0, 0.1) is 18.3 Å². The Morgan fingerprint density at radius 2 is 2.31 bits per heavy atom. The standard InChI is InChI=1S/C8H7N5/c1-4-12-7(10)6-5(2-9)3-11-8(6)13-4/h3H,1H3,(H3,10,11,12,13). The van der Waals surface area contributed by atoms with Gasteiger partial charge >= 0.3 is 0 Å². The highest BCUT2D eigenvalue weighted by Crippen LogP contribution is 2.20. The highest BCUT2D eigenvalue weighted by Gasteiger charge is 2.08. The molecule has 3 N–H and O–H groups in total. The molecular formula is C8H7N5. The fourth-order valence-electron chi connectivity index (χ4n) is 1.27. The van der Waals surface area contributed by atoms with Gasteiger partial charge in [0.1, 0.15) is 23.4 Å². The maximum atomic E-state index is 8.74. The summed E-state index contributed by atoms with van der Waals surface area (Å²) in [5.41, 5.74) is 6.75.